The second kappa shape index (κ2) is 5.53. The molecule has 1 saturated heterocycles. The van der Waals surface area contributed by atoms with Gasteiger partial charge in [-0.3, -0.25) is 4.79 Å². The van der Waals surface area contributed by atoms with E-state index < -0.39 is 0 Å². The fraction of sp³-hybridized carbons (Fsp3) is 0.923. The zero-order valence-electron chi connectivity index (χ0n) is 10.5. The van der Waals surface area contributed by atoms with Gasteiger partial charge >= 0.3 is 0 Å². The summed E-state index contributed by atoms with van der Waals surface area (Å²) in [5.41, 5.74) is 0.512. The number of nitrogens with zero attached hydrogens (tertiary/aromatic N) is 1. The highest BCUT2D eigenvalue weighted by Crippen LogP contribution is 2.30. The lowest BCUT2D eigenvalue weighted by Crippen LogP contribution is -2.31. The minimum Gasteiger partial charge on any atom is -0.343 e. The predicted molar refractivity (Wildman–Crippen MR) is 63.7 cm³/mol. The first kappa shape index (κ1) is 12.5. The van der Waals surface area contributed by atoms with Crippen LogP contribution in [0, 0.1) is 5.41 Å². The molecule has 0 atom stereocenters. The van der Waals surface area contributed by atoms with Crippen LogP contribution in [0.15, 0.2) is 0 Å². The van der Waals surface area contributed by atoms with E-state index in [-0.39, 0.29) is 5.91 Å². The second-order valence-corrected chi connectivity index (χ2v) is 5.58. The number of carbonyl (C=O) groups is 1. The van der Waals surface area contributed by atoms with Gasteiger partial charge in [0.05, 0.1) is 0 Å². The third-order valence-electron chi connectivity index (χ3n) is 3.51. The molecule has 0 unspecified atom stereocenters. The lowest BCUT2D eigenvalue weighted by Gasteiger charge is -2.28. The van der Waals surface area contributed by atoms with E-state index in [9.17, 15) is 4.79 Å². The van der Waals surface area contributed by atoms with Gasteiger partial charge in [0.15, 0.2) is 0 Å². The summed E-state index contributed by atoms with van der Waals surface area (Å²) in [6.45, 7) is 8.36. The molecule has 2 heteroatoms. The van der Waals surface area contributed by atoms with Crippen molar-refractivity contribution in [3.05, 3.63) is 0 Å². The summed E-state index contributed by atoms with van der Waals surface area (Å²) >= 11 is 0. The van der Waals surface area contributed by atoms with E-state index in [0.29, 0.717) is 5.41 Å². The van der Waals surface area contributed by atoms with Gasteiger partial charge in [-0.1, -0.05) is 26.7 Å². The minimum atomic E-state index is 0.245. The molecule has 0 aromatic carbocycles. The molecule has 0 radical (unpaired) electrons. The Balaban J connectivity index is 2.43. The zero-order valence-corrected chi connectivity index (χ0v) is 10.5. The number of rotatable bonds is 0. The number of amides is 1. The van der Waals surface area contributed by atoms with Crippen molar-refractivity contribution in [1.29, 1.82) is 0 Å². The molecule has 0 aliphatic carbocycles. The molecule has 1 fully saturated rings. The third kappa shape index (κ3) is 4.67. The van der Waals surface area contributed by atoms with Gasteiger partial charge in [0.2, 0.25) is 5.91 Å². The quantitative estimate of drug-likeness (QED) is 0.602. The molecule has 1 rings (SSSR count). The van der Waals surface area contributed by atoms with Crippen molar-refractivity contribution in [1.82, 2.24) is 4.90 Å². The Bertz CT molecular complexity index is 197. The van der Waals surface area contributed by atoms with Crippen LogP contribution in [0.3, 0.4) is 0 Å². The average Bonchev–Trinajstić information content (AvgIpc) is 2.14. The van der Waals surface area contributed by atoms with Gasteiger partial charge in [-0.05, 0) is 31.1 Å². The van der Waals surface area contributed by atoms with Gasteiger partial charge in [-0.25, -0.2) is 0 Å². The van der Waals surface area contributed by atoms with Crippen molar-refractivity contribution < 1.29 is 4.79 Å². The van der Waals surface area contributed by atoms with Crippen LogP contribution in [0.25, 0.3) is 0 Å². The van der Waals surface area contributed by atoms with Gasteiger partial charge in [0.25, 0.3) is 0 Å². The van der Waals surface area contributed by atoms with Crippen LogP contribution in [-0.4, -0.2) is 23.9 Å². The summed E-state index contributed by atoms with van der Waals surface area (Å²) in [6, 6.07) is 0. The third-order valence-corrected chi connectivity index (χ3v) is 3.51. The molecule has 0 saturated carbocycles. The Morgan fingerprint density at radius 3 is 1.87 bits per heavy atom. The van der Waals surface area contributed by atoms with Crippen LogP contribution in [0.2, 0.25) is 0 Å². The molecule has 1 amide bonds. The summed E-state index contributed by atoms with van der Waals surface area (Å²) in [4.78, 5) is 13.3. The van der Waals surface area contributed by atoms with Crippen molar-refractivity contribution in [2.45, 2.75) is 59.3 Å². The Kier molecular flexibility index (Phi) is 4.62. The summed E-state index contributed by atoms with van der Waals surface area (Å²) in [6.07, 6.45) is 7.47. The van der Waals surface area contributed by atoms with Crippen LogP contribution >= 0.6 is 0 Å². The summed E-state index contributed by atoms with van der Waals surface area (Å²) in [5.74, 6) is 0.245. The zero-order chi connectivity index (χ0) is 11.3. The molecule has 0 spiro atoms. The molecule has 1 aliphatic rings. The monoisotopic (exact) mass is 211 g/mol. The fourth-order valence-corrected chi connectivity index (χ4v) is 2.36. The SMILES string of the molecule is CC(=O)N1CCCCC(C)(C)CCCC1. The summed E-state index contributed by atoms with van der Waals surface area (Å²) in [5, 5.41) is 0. The van der Waals surface area contributed by atoms with Crippen LogP contribution in [0.5, 0.6) is 0 Å². The number of hydrogen-bond acceptors (Lipinski definition) is 1. The molecule has 1 heterocycles. The highest BCUT2D eigenvalue weighted by Gasteiger charge is 2.19. The first-order chi connectivity index (χ1) is 7.01. The average molecular weight is 211 g/mol. The molecular formula is C13H25NO. The number of carbonyl (C=O) groups excluding carboxylic acids is 1. The van der Waals surface area contributed by atoms with Crippen LogP contribution in [-0.2, 0) is 4.79 Å². The number of hydrogen-bond donors (Lipinski definition) is 0. The molecule has 2 nitrogen and oxygen atoms in total. The highest BCUT2D eigenvalue weighted by atomic mass is 16.2. The molecule has 88 valence electrons. The van der Waals surface area contributed by atoms with Gasteiger partial charge in [-0.15, -0.1) is 0 Å². The van der Waals surface area contributed by atoms with Crippen molar-refractivity contribution in [3.8, 4) is 0 Å². The predicted octanol–water partition coefficient (Wildman–Crippen LogP) is 3.22. The van der Waals surface area contributed by atoms with Crippen molar-refractivity contribution in [2.24, 2.45) is 5.41 Å². The van der Waals surface area contributed by atoms with Crippen LogP contribution in [0.4, 0.5) is 0 Å². The minimum absolute atomic E-state index is 0.245. The van der Waals surface area contributed by atoms with E-state index in [4.69, 9.17) is 0 Å². The standard InChI is InChI=1S/C13H25NO/c1-12(15)14-10-6-4-8-13(2,3)9-5-7-11-14/h4-11H2,1-3H3. The van der Waals surface area contributed by atoms with Gasteiger partial charge < -0.3 is 4.90 Å². The topological polar surface area (TPSA) is 20.3 Å². The Hall–Kier alpha value is -0.530. The van der Waals surface area contributed by atoms with Gasteiger partial charge in [0.1, 0.15) is 0 Å². The lowest BCUT2D eigenvalue weighted by molar-refractivity contribution is -0.129. The van der Waals surface area contributed by atoms with E-state index >= 15 is 0 Å². The van der Waals surface area contributed by atoms with E-state index in [0.717, 1.165) is 13.1 Å². The maximum Gasteiger partial charge on any atom is 0.219 e. The van der Waals surface area contributed by atoms with Crippen LogP contribution in [0.1, 0.15) is 59.3 Å². The van der Waals surface area contributed by atoms with Gasteiger partial charge in [-0.2, -0.15) is 0 Å². The fourth-order valence-electron chi connectivity index (χ4n) is 2.36. The lowest BCUT2D eigenvalue weighted by atomic mass is 9.82. The Labute approximate surface area is 94.0 Å². The normalized spacial score (nSPS) is 23.5. The first-order valence-electron chi connectivity index (χ1n) is 6.27. The Morgan fingerprint density at radius 1 is 1.00 bits per heavy atom. The maximum atomic E-state index is 11.3. The molecule has 15 heavy (non-hydrogen) atoms. The van der Waals surface area contributed by atoms with E-state index in [2.05, 4.69) is 13.8 Å². The van der Waals surface area contributed by atoms with Crippen molar-refractivity contribution >= 4 is 5.91 Å². The molecule has 0 aromatic heterocycles. The maximum absolute atomic E-state index is 11.3. The molecule has 0 bridgehead atoms. The van der Waals surface area contributed by atoms with E-state index in [1.807, 2.05) is 4.90 Å². The Morgan fingerprint density at radius 2 is 1.47 bits per heavy atom. The largest absolute Gasteiger partial charge is 0.343 e. The van der Waals surface area contributed by atoms with Crippen LogP contribution < -0.4 is 0 Å². The van der Waals surface area contributed by atoms with Crippen molar-refractivity contribution in [3.63, 3.8) is 0 Å². The highest BCUT2D eigenvalue weighted by molar-refractivity contribution is 5.73. The van der Waals surface area contributed by atoms with Crippen molar-refractivity contribution in [2.75, 3.05) is 13.1 Å². The molecule has 1 aliphatic heterocycles. The summed E-state index contributed by atoms with van der Waals surface area (Å²) < 4.78 is 0. The summed E-state index contributed by atoms with van der Waals surface area (Å²) in [7, 11) is 0. The molecule has 0 aromatic rings. The second-order valence-electron chi connectivity index (χ2n) is 5.58. The van der Waals surface area contributed by atoms with Gasteiger partial charge in [0, 0.05) is 20.0 Å². The molecular weight excluding hydrogens is 186 g/mol. The van der Waals surface area contributed by atoms with E-state index in [1.165, 1.54) is 38.5 Å². The first-order valence-corrected chi connectivity index (χ1v) is 6.27. The molecule has 0 N–H and O–H groups in total. The van der Waals surface area contributed by atoms with E-state index in [1.54, 1.807) is 6.92 Å². The smallest absolute Gasteiger partial charge is 0.219 e.